The van der Waals surface area contributed by atoms with E-state index in [0.29, 0.717) is 29.8 Å². The highest BCUT2D eigenvalue weighted by Gasteiger charge is 2.33. The second-order valence-corrected chi connectivity index (χ2v) is 10.1. The van der Waals surface area contributed by atoms with E-state index in [1.54, 1.807) is 16.4 Å². The zero-order chi connectivity index (χ0) is 17.3. The van der Waals surface area contributed by atoms with Crippen LogP contribution < -0.4 is 0 Å². The summed E-state index contributed by atoms with van der Waals surface area (Å²) in [6.07, 6.45) is 9.44. The molecule has 0 saturated carbocycles. The molecule has 24 heavy (non-hydrogen) atoms. The highest BCUT2D eigenvalue weighted by Crippen LogP contribution is 2.37. The lowest BCUT2D eigenvalue weighted by atomic mass is 9.83. The molecule has 1 aromatic carbocycles. The number of hydrogen-bond donors (Lipinski definition) is 0. The number of halogens is 2. The van der Waals surface area contributed by atoms with E-state index in [2.05, 4.69) is 50.1 Å². The molecule has 0 amide bonds. The van der Waals surface area contributed by atoms with Crippen molar-refractivity contribution >= 4 is 41.9 Å². The van der Waals surface area contributed by atoms with E-state index in [4.69, 9.17) is 0 Å². The van der Waals surface area contributed by atoms with E-state index in [1.165, 1.54) is 4.48 Å². The van der Waals surface area contributed by atoms with Gasteiger partial charge >= 0.3 is 0 Å². The summed E-state index contributed by atoms with van der Waals surface area (Å²) >= 11 is 7.09. The minimum absolute atomic E-state index is 0.389. The molecular weight excluding hydrogens is 454 g/mol. The van der Waals surface area contributed by atoms with E-state index in [1.807, 2.05) is 13.0 Å². The minimum atomic E-state index is -3.40. The zero-order valence-corrected chi connectivity index (χ0v) is 17.6. The van der Waals surface area contributed by atoms with Crippen molar-refractivity contribution in [2.24, 2.45) is 11.8 Å². The van der Waals surface area contributed by atoms with Gasteiger partial charge in [-0.15, -0.1) is 0 Å². The van der Waals surface area contributed by atoms with Crippen LogP contribution in [0.2, 0.25) is 0 Å². The fourth-order valence-electron chi connectivity index (χ4n) is 3.42. The highest BCUT2D eigenvalue weighted by molar-refractivity contribution is 9.11. The van der Waals surface area contributed by atoms with Gasteiger partial charge in [-0.2, -0.15) is 4.31 Å². The van der Waals surface area contributed by atoms with Crippen LogP contribution in [-0.4, -0.2) is 25.8 Å². The number of allylic oxidation sites excluding steroid dienone is 4. The molecule has 3 rings (SSSR count). The van der Waals surface area contributed by atoms with Gasteiger partial charge in [0.25, 0.3) is 0 Å². The van der Waals surface area contributed by atoms with Crippen molar-refractivity contribution in [3.63, 3.8) is 0 Å². The van der Waals surface area contributed by atoms with Gasteiger partial charge in [-0.1, -0.05) is 50.1 Å². The van der Waals surface area contributed by atoms with Crippen molar-refractivity contribution in [3.05, 3.63) is 50.9 Å². The normalized spacial score (nSPS) is 23.3. The maximum absolute atomic E-state index is 12.9. The minimum Gasteiger partial charge on any atom is -0.207 e. The number of aryl methyl sites for hydroxylation is 1. The monoisotopic (exact) mass is 473 g/mol. The van der Waals surface area contributed by atoms with Crippen LogP contribution in [0.5, 0.6) is 0 Å². The molecule has 0 radical (unpaired) electrons. The fraction of sp³-hybridized carbons (Fsp3) is 0.444. The van der Waals surface area contributed by atoms with Crippen molar-refractivity contribution in [1.82, 2.24) is 4.31 Å². The van der Waals surface area contributed by atoms with E-state index < -0.39 is 10.0 Å². The molecule has 2 aliphatic rings. The molecule has 1 aliphatic carbocycles. The van der Waals surface area contributed by atoms with Crippen LogP contribution in [0.25, 0.3) is 0 Å². The van der Waals surface area contributed by atoms with Gasteiger partial charge in [-0.3, -0.25) is 0 Å². The summed E-state index contributed by atoms with van der Waals surface area (Å²) in [6.45, 7) is 3.09. The Morgan fingerprint density at radius 3 is 2.50 bits per heavy atom. The molecule has 1 fully saturated rings. The van der Waals surface area contributed by atoms with E-state index in [0.717, 1.165) is 29.3 Å². The van der Waals surface area contributed by atoms with Crippen LogP contribution in [0.4, 0.5) is 0 Å². The van der Waals surface area contributed by atoms with Gasteiger partial charge in [-0.25, -0.2) is 8.42 Å². The average molecular weight is 475 g/mol. The molecule has 1 aromatic rings. The second-order valence-electron chi connectivity index (χ2n) is 6.43. The molecule has 3 nitrogen and oxygen atoms in total. The predicted molar refractivity (Wildman–Crippen MR) is 105 cm³/mol. The largest absolute Gasteiger partial charge is 0.243 e. The molecule has 0 bridgehead atoms. The summed E-state index contributed by atoms with van der Waals surface area (Å²) in [7, 11) is -3.40. The van der Waals surface area contributed by atoms with Gasteiger partial charge in [-0.05, 0) is 60.3 Å². The van der Waals surface area contributed by atoms with Crippen molar-refractivity contribution in [2.45, 2.75) is 31.1 Å². The van der Waals surface area contributed by atoms with Crippen LogP contribution in [0.3, 0.4) is 0 Å². The van der Waals surface area contributed by atoms with E-state index >= 15 is 0 Å². The fourth-order valence-corrected chi connectivity index (χ4v) is 5.93. The third-order valence-electron chi connectivity index (χ3n) is 4.88. The summed E-state index contributed by atoms with van der Waals surface area (Å²) in [4.78, 5) is 0.389. The van der Waals surface area contributed by atoms with Gasteiger partial charge < -0.3 is 0 Å². The van der Waals surface area contributed by atoms with Gasteiger partial charge in [0, 0.05) is 23.5 Å². The lowest BCUT2D eigenvalue weighted by Crippen LogP contribution is -2.40. The van der Waals surface area contributed by atoms with Gasteiger partial charge in [0.05, 0.1) is 4.90 Å². The molecule has 1 heterocycles. The second kappa shape index (κ2) is 7.44. The molecule has 1 saturated heterocycles. The highest BCUT2D eigenvalue weighted by atomic mass is 79.9. The number of hydrogen-bond acceptors (Lipinski definition) is 2. The quantitative estimate of drug-likeness (QED) is 0.577. The Kier molecular flexibility index (Phi) is 5.69. The predicted octanol–water partition coefficient (Wildman–Crippen LogP) is 5.01. The van der Waals surface area contributed by atoms with Gasteiger partial charge in [0.1, 0.15) is 0 Å². The first-order valence-corrected chi connectivity index (χ1v) is 11.2. The number of rotatable bonds is 3. The van der Waals surface area contributed by atoms with Crippen LogP contribution in [-0.2, 0) is 10.0 Å². The molecule has 0 spiro atoms. The smallest absolute Gasteiger partial charge is 0.207 e. The third-order valence-corrected chi connectivity index (χ3v) is 8.52. The van der Waals surface area contributed by atoms with Crippen LogP contribution >= 0.6 is 31.9 Å². The first kappa shape index (κ1) is 18.4. The summed E-state index contributed by atoms with van der Waals surface area (Å²) < 4.78 is 29.6. The van der Waals surface area contributed by atoms with Crippen LogP contribution in [0.1, 0.15) is 24.8 Å². The third kappa shape index (κ3) is 3.71. The summed E-state index contributed by atoms with van der Waals surface area (Å²) in [5, 5.41) is 0. The summed E-state index contributed by atoms with van der Waals surface area (Å²) in [5.41, 5.74) is 0.937. The van der Waals surface area contributed by atoms with Crippen molar-refractivity contribution in [3.8, 4) is 0 Å². The Bertz CT molecular complexity index is 778. The van der Waals surface area contributed by atoms with Gasteiger partial charge in [0.2, 0.25) is 10.0 Å². The average Bonchev–Trinajstić information content (AvgIpc) is 2.58. The molecule has 0 aromatic heterocycles. The molecule has 1 aliphatic heterocycles. The lowest BCUT2D eigenvalue weighted by molar-refractivity contribution is 0.248. The first-order valence-electron chi connectivity index (χ1n) is 8.18. The molecule has 130 valence electrons. The Hall–Kier alpha value is -0.430. The van der Waals surface area contributed by atoms with E-state index in [-0.39, 0.29) is 0 Å². The Morgan fingerprint density at radius 1 is 1.17 bits per heavy atom. The maximum Gasteiger partial charge on any atom is 0.243 e. The SMILES string of the molecule is Cc1cc(S(=O)(=O)N2CCC(C3C=CCC=C3Br)CC2)ccc1Br. The Balaban J connectivity index is 1.71. The molecule has 6 heteroatoms. The number of nitrogens with zero attached hydrogens (tertiary/aromatic N) is 1. The van der Waals surface area contributed by atoms with E-state index in [9.17, 15) is 8.42 Å². The summed E-state index contributed by atoms with van der Waals surface area (Å²) in [6, 6.07) is 5.24. The maximum atomic E-state index is 12.9. The van der Waals surface area contributed by atoms with Crippen molar-refractivity contribution in [2.75, 3.05) is 13.1 Å². The Labute approximate surface area is 161 Å². The standard InChI is InChI=1S/C18H21Br2NO2S/c1-13-12-15(6-7-17(13)19)24(22,23)21-10-8-14(9-11-21)16-4-2-3-5-18(16)20/h2,4-7,12,14,16H,3,8-11H2,1H3. The zero-order valence-electron chi connectivity index (χ0n) is 13.6. The van der Waals surface area contributed by atoms with Crippen molar-refractivity contribution < 1.29 is 8.42 Å². The number of piperidine rings is 1. The van der Waals surface area contributed by atoms with Crippen LogP contribution in [0.15, 0.2) is 50.3 Å². The number of benzene rings is 1. The van der Waals surface area contributed by atoms with Crippen molar-refractivity contribution in [1.29, 1.82) is 0 Å². The summed E-state index contributed by atoms with van der Waals surface area (Å²) in [5.74, 6) is 0.906. The van der Waals surface area contributed by atoms with Crippen LogP contribution in [0, 0.1) is 18.8 Å². The molecule has 0 N–H and O–H groups in total. The lowest BCUT2D eigenvalue weighted by Gasteiger charge is -2.35. The molecular formula is C18H21Br2NO2S. The number of sulfonamides is 1. The molecule has 1 unspecified atom stereocenters. The first-order chi connectivity index (χ1) is 11.4. The molecule has 1 atom stereocenters. The Morgan fingerprint density at radius 2 is 1.88 bits per heavy atom. The van der Waals surface area contributed by atoms with Gasteiger partial charge in [0.15, 0.2) is 0 Å². The topological polar surface area (TPSA) is 37.4 Å².